The third-order valence-corrected chi connectivity index (χ3v) is 6.62. The van der Waals surface area contributed by atoms with Gasteiger partial charge in [0, 0.05) is 17.6 Å². The molecule has 0 saturated carbocycles. The summed E-state index contributed by atoms with van der Waals surface area (Å²) in [5.74, 6) is 0.357. The number of thiophene rings is 1. The van der Waals surface area contributed by atoms with E-state index in [9.17, 15) is 9.59 Å². The topological polar surface area (TPSA) is 95.3 Å². The molecule has 2 heterocycles. The number of nitrogens with one attached hydrogen (secondary N) is 1. The van der Waals surface area contributed by atoms with Crippen LogP contribution in [-0.4, -0.2) is 39.5 Å². The van der Waals surface area contributed by atoms with E-state index >= 15 is 0 Å². The molecule has 170 valence electrons. The van der Waals surface area contributed by atoms with Gasteiger partial charge in [0.2, 0.25) is 5.91 Å². The average Bonchev–Trinajstić information content (AvgIpc) is 3.40. The van der Waals surface area contributed by atoms with Crippen molar-refractivity contribution in [2.75, 3.05) is 18.2 Å². The first kappa shape index (κ1) is 24.4. The first-order valence-electron chi connectivity index (χ1n) is 9.47. The number of aromatic nitrogens is 3. The summed E-state index contributed by atoms with van der Waals surface area (Å²) >= 11 is 14.7. The van der Waals surface area contributed by atoms with Crippen molar-refractivity contribution in [2.45, 2.75) is 31.7 Å². The molecule has 0 aliphatic rings. The van der Waals surface area contributed by atoms with Crippen LogP contribution in [0.5, 0.6) is 5.75 Å². The second-order valence-electron chi connectivity index (χ2n) is 6.41. The number of thioether (sulfide) groups is 1. The molecule has 0 bridgehead atoms. The standard InChI is InChI=1S/C20H20Cl2N4O4S2/c1-4-26-17(11(2)30-15-9-12(21)5-6-14(15)22)24-25-20(26)32-10-16(27)23-18-13(7-8-31-18)19(28)29-3/h5-9,11H,4,10H2,1-3H3,(H,23,27). The maximum Gasteiger partial charge on any atom is 0.340 e. The Morgan fingerprint density at radius 3 is 2.78 bits per heavy atom. The highest BCUT2D eigenvalue weighted by molar-refractivity contribution is 7.99. The van der Waals surface area contributed by atoms with E-state index in [2.05, 4.69) is 15.5 Å². The van der Waals surface area contributed by atoms with Crippen LogP contribution in [0.1, 0.15) is 36.1 Å². The molecule has 0 spiro atoms. The predicted octanol–water partition coefficient (Wildman–Crippen LogP) is 5.32. The maximum absolute atomic E-state index is 12.4. The first-order valence-corrected chi connectivity index (χ1v) is 12.1. The van der Waals surface area contributed by atoms with Crippen molar-refractivity contribution in [3.05, 3.63) is 51.1 Å². The van der Waals surface area contributed by atoms with Gasteiger partial charge in [-0.25, -0.2) is 4.79 Å². The van der Waals surface area contributed by atoms with E-state index in [-0.39, 0.29) is 11.7 Å². The number of carbonyl (C=O) groups excluding carboxylic acids is 2. The molecule has 0 aliphatic carbocycles. The second-order valence-corrected chi connectivity index (χ2v) is 9.11. The fourth-order valence-corrected chi connectivity index (χ4v) is 4.71. The van der Waals surface area contributed by atoms with Crippen LogP contribution >= 0.6 is 46.3 Å². The molecule has 2 aromatic heterocycles. The monoisotopic (exact) mass is 514 g/mol. The summed E-state index contributed by atoms with van der Waals surface area (Å²) in [6.45, 7) is 4.37. The highest BCUT2D eigenvalue weighted by Gasteiger charge is 2.21. The van der Waals surface area contributed by atoms with Crippen LogP contribution in [-0.2, 0) is 16.1 Å². The highest BCUT2D eigenvalue weighted by Crippen LogP contribution is 2.32. The van der Waals surface area contributed by atoms with Crippen molar-refractivity contribution < 1.29 is 19.1 Å². The first-order chi connectivity index (χ1) is 15.3. The molecule has 0 aliphatic heterocycles. The lowest BCUT2D eigenvalue weighted by Gasteiger charge is -2.16. The van der Waals surface area contributed by atoms with Crippen molar-refractivity contribution in [1.82, 2.24) is 14.8 Å². The van der Waals surface area contributed by atoms with Crippen LogP contribution in [0, 0.1) is 0 Å². The van der Waals surface area contributed by atoms with Gasteiger partial charge in [0.25, 0.3) is 0 Å². The van der Waals surface area contributed by atoms with Crippen molar-refractivity contribution in [1.29, 1.82) is 0 Å². The minimum atomic E-state index is -0.502. The van der Waals surface area contributed by atoms with Crippen LogP contribution in [0.2, 0.25) is 10.0 Å². The highest BCUT2D eigenvalue weighted by atomic mass is 35.5. The number of anilines is 1. The predicted molar refractivity (Wildman–Crippen MR) is 126 cm³/mol. The molecule has 1 amide bonds. The average molecular weight is 515 g/mol. The van der Waals surface area contributed by atoms with Crippen molar-refractivity contribution in [3.8, 4) is 5.75 Å². The Kier molecular flexibility index (Phi) is 8.41. The number of hydrogen-bond donors (Lipinski definition) is 1. The molecule has 1 unspecified atom stereocenters. The molecule has 1 atom stereocenters. The third kappa shape index (κ3) is 5.74. The molecule has 3 aromatic rings. The lowest BCUT2D eigenvalue weighted by molar-refractivity contribution is -0.113. The molecular weight excluding hydrogens is 495 g/mol. The molecule has 32 heavy (non-hydrogen) atoms. The molecule has 1 N–H and O–H groups in total. The third-order valence-electron chi connectivity index (χ3n) is 4.28. The molecular formula is C20H20Cl2N4O4S2. The number of esters is 1. The zero-order valence-electron chi connectivity index (χ0n) is 17.4. The van der Waals surface area contributed by atoms with Crippen LogP contribution in [0.4, 0.5) is 5.00 Å². The van der Waals surface area contributed by atoms with Crippen LogP contribution < -0.4 is 10.1 Å². The van der Waals surface area contributed by atoms with E-state index in [1.54, 1.807) is 29.6 Å². The molecule has 1 aromatic carbocycles. The number of hydrogen-bond acceptors (Lipinski definition) is 8. The fourth-order valence-electron chi connectivity index (χ4n) is 2.79. The van der Waals surface area contributed by atoms with Crippen molar-refractivity contribution >= 4 is 63.2 Å². The zero-order valence-corrected chi connectivity index (χ0v) is 20.6. The van der Waals surface area contributed by atoms with Gasteiger partial charge >= 0.3 is 5.97 Å². The summed E-state index contributed by atoms with van der Waals surface area (Å²) in [6.07, 6.45) is -0.449. The number of nitrogens with zero attached hydrogens (tertiary/aromatic N) is 3. The Morgan fingerprint density at radius 1 is 1.28 bits per heavy atom. The largest absolute Gasteiger partial charge is 0.481 e. The number of carbonyl (C=O) groups is 2. The van der Waals surface area contributed by atoms with Gasteiger partial charge in [-0.3, -0.25) is 4.79 Å². The Labute approximate surface area is 203 Å². The van der Waals surface area contributed by atoms with Gasteiger partial charge in [0.05, 0.1) is 23.4 Å². The van der Waals surface area contributed by atoms with Crippen LogP contribution in [0.15, 0.2) is 34.8 Å². The lowest BCUT2D eigenvalue weighted by atomic mass is 10.3. The summed E-state index contributed by atoms with van der Waals surface area (Å²) in [5.41, 5.74) is 0.320. The van der Waals surface area contributed by atoms with Gasteiger partial charge in [-0.15, -0.1) is 21.5 Å². The second kappa shape index (κ2) is 11.0. The SMILES string of the molecule is CCn1c(SCC(=O)Nc2sccc2C(=O)OC)nnc1C(C)Oc1cc(Cl)ccc1Cl. The maximum atomic E-state index is 12.4. The Hall–Kier alpha value is -2.27. The molecule has 8 nitrogen and oxygen atoms in total. The van der Waals surface area contributed by atoms with E-state index in [0.29, 0.717) is 43.9 Å². The zero-order chi connectivity index (χ0) is 23.3. The number of methoxy groups -OCH3 is 1. The van der Waals surface area contributed by atoms with Gasteiger partial charge in [0.1, 0.15) is 10.8 Å². The Morgan fingerprint density at radius 2 is 2.06 bits per heavy atom. The molecule has 12 heteroatoms. The van der Waals surface area contributed by atoms with Gasteiger partial charge in [-0.05, 0) is 37.4 Å². The van der Waals surface area contributed by atoms with E-state index in [1.165, 1.54) is 30.2 Å². The molecule has 0 fully saturated rings. The van der Waals surface area contributed by atoms with Crippen LogP contribution in [0.3, 0.4) is 0 Å². The van der Waals surface area contributed by atoms with Gasteiger partial charge < -0.3 is 19.4 Å². The Balaban J connectivity index is 1.66. The van der Waals surface area contributed by atoms with E-state index in [4.69, 9.17) is 32.7 Å². The summed E-state index contributed by atoms with van der Waals surface area (Å²) < 4.78 is 12.5. The number of amides is 1. The smallest absolute Gasteiger partial charge is 0.340 e. The quantitative estimate of drug-likeness (QED) is 0.304. The molecule has 3 rings (SSSR count). The minimum Gasteiger partial charge on any atom is -0.481 e. The van der Waals surface area contributed by atoms with Crippen LogP contribution in [0.25, 0.3) is 0 Å². The van der Waals surface area contributed by atoms with E-state index in [0.717, 1.165) is 0 Å². The minimum absolute atomic E-state index is 0.0893. The lowest BCUT2D eigenvalue weighted by Crippen LogP contribution is -2.16. The van der Waals surface area contributed by atoms with E-state index in [1.807, 2.05) is 18.4 Å². The fraction of sp³-hybridized carbons (Fsp3) is 0.300. The summed E-state index contributed by atoms with van der Waals surface area (Å²) in [6, 6.07) is 6.59. The van der Waals surface area contributed by atoms with Gasteiger partial charge in [-0.1, -0.05) is 35.0 Å². The van der Waals surface area contributed by atoms with E-state index < -0.39 is 12.1 Å². The summed E-state index contributed by atoms with van der Waals surface area (Å²) in [7, 11) is 1.29. The number of rotatable bonds is 9. The number of benzene rings is 1. The van der Waals surface area contributed by atoms with Crippen molar-refractivity contribution in [3.63, 3.8) is 0 Å². The number of ether oxygens (including phenoxy) is 2. The number of halogens is 2. The summed E-state index contributed by atoms with van der Waals surface area (Å²) in [4.78, 5) is 24.2. The van der Waals surface area contributed by atoms with Gasteiger partial charge in [-0.2, -0.15) is 0 Å². The molecule has 0 saturated heterocycles. The van der Waals surface area contributed by atoms with Crippen molar-refractivity contribution in [2.24, 2.45) is 0 Å². The normalized spacial score (nSPS) is 11.8. The summed E-state index contributed by atoms with van der Waals surface area (Å²) in [5, 5.41) is 14.9. The molecule has 0 radical (unpaired) electrons. The Bertz CT molecular complexity index is 1120. The van der Waals surface area contributed by atoms with Gasteiger partial charge in [0.15, 0.2) is 17.1 Å².